The SMILES string of the molecule is Cc1ccc(C(O)=C2C(=O)C(=O)N(c3nc4ccccc4s3)[C@H]2c2ccc3c(c2)OCO3)cc1. The third-order valence-electron chi connectivity index (χ3n) is 5.97. The first-order chi connectivity index (χ1) is 16.5. The molecule has 34 heavy (non-hydrogen) atoms. The van der Waals surface area contributed by atoms with Gasteiger partial charge >= 0.3 is 5.91 Å². The molecule has 3 heterocycles. The number of amides is 1. The van der Waals surface area contributed by atoms with Crippen molar-refractivity contribution in [1.82, 2.24) is 4.98 Å². The van der Waals surface area contributed by atoms with Crippen LogP contribution in [0.1, 0.15) is 22.7 Å². The Balaban J connectivity index is 1.57. The fourth-order valence-corrected chi connectivity index (χ4v) is 5.25. The molecule has 7 nitrogen and oxygen atoms in total. The summed E-state index contributed by atoms with van der Waals surface area (Å²) in [5.41, 5.74) is 2.81. The van der Waals surface area contributed by atoms with E-state index in [2.05, 4.69) is 4.98 Å². The molecule has 2 aliphatic heterocycles. The minimum Gasteiger partial charge on any atom is -0.507 e. The molecule has 0 aliphatic carbocycles. The fourth-order valence-electron chi connectivity index (χ4n) is 4.26. The van der Waals surface area contributed by atoms with Gasteiger partial charge in [-0.25, -0.2) is 4.98 Å². The second-order valence-corrected chi connectivity index (χ2v) is 9.12. The molecule has 0 spiro atoms. The highest BCUT2D eigenvalue weighted by Crippen LogP contribution is 2.46. The molecule has 3 aromatic carbocycles. The highest BCUT2D eigenvalue weighted by molar-refractivity contribution is 7.22. The van der Waals surface area contributed by atoms with E-state index in [1.807, 2.05) is 43.3 Å². The van der Waals surface area contributed by atoms with Crippen LogP contribution >= 0.6 is 11.3 Å². The Morgan fingerprint density at radius 1 is 1.03 bits per heavy atom. The number of ketones is 1. The molecule has 2 aliphatic rings. The molecule has 1 atom stereocenters. The molecule has 8 heteroatoms. The summed E-state index contributed by atoms with van der Waals surface area (Å²) in [6.45, 7) is 2.03. The maximum atomic E-state index is 13.3. The first kappa shape index (κ1) is 20.4. The number of hydrogen-bond donors (Lipinski definition) is 1. The summed E-state index contributed by atoms with van der Waals surface area (Å²) in [6, 6.07) is 19.0. The Morgan fingerprint density at radius 2 is 1.79 bits per heavy atom. The second kappa shape index (κ2) is 7.71. The summed E-state index contributed by atoms with van der Waals surface area (Å²) in [7, 11) is 0. The smallest absolute Gasteiger partial charge is 0.301 e. The average Bonchev–Trinajstić information content (AvgIpc) is 3.55. The minimum atomic E-state index is -0.878. The molecular weight excluding hydrogens is 452 g/mol. The summed E-state index contributed by atoms with van der Waals surface area (Å²) >= 11 is 1.32. The zero-order chi connectivity index (χ0) is 23.4. The maximum absolute atomic E-state index is 13.3. The van der Waals surface area contributed by atoms with Gasteiger partial charge in [0, 0.05) is 5.56 Å². The Kier molecular flexibility index (Phi) is 4.63. The number of nitrogens with zero attached hydrogens (tertiary/aromatic N) is 2. The molecule has 1 saturated heterocycles. The highest BCUT2D eigenvalue weighted by Gasteiger charge is 2.48. The van der Waals surface area contributed by atoms with Crippen LogP contribution in [-0.4, -0.2) is 28.6 Å². The molecule has 1 aromatic heterocycles. The number of hydrogen-bond acceptors (Lipinski definition) is 7. The molecule has 1 fully saturated rings. The fraction of sp³-hybridized carbons (Fsp3) is 0.115. The number of rotatable bonds is 3. The van der Waals surface area contributed by atoms with E-state index in [4.69, 9.17) is 9.47 Å². The Bertz CT molecular complexity index is 1470. The Labute approximate surface area is 198 Å². The molecule has 0 radical (unpaired) electrons. The van der Waals surface area contributed by atoms with Crippen molar-refractivity contribution in [2.24, 2.45) is 0 Å². The van der Waals surface area contributed by atoms with E-state index in [9.17, 15) is 14.7 Å². The van der Waals surface area contributed by atoms with Gasteiger partial charge in [-0.3, -0.25) is 14.5 Å². The molecule has 1 amide bonds. The topological polar surface area (TPSA) is 89.0 Å². The number of aryl methyl sites for hydroxylation is 1. The van der Waals surface area contributed by atoms with Gasteiger partial charge in [-0.05, 0) is 36.8 Å². The number of para-hydroxylation sites is 1. The Morgan fingerprint density at radius 3 is 2.59 bits per heavy atom. The number of aromatic nitrogens is 1. The molecular formula is C26H18N2O5S. The lowest BCUT2D eigenvalue weighted by Crippen LogP contribution is -2.29. The molecule has 4 aromatic rings. The van der Waals surface area contributed by atoms with Gasteiger partial charge in [0.25, 0.3) is 5.78 Å². The summed E-state index contributed by atoms with van der Waals surface area (Å²) in [5.74, 6) is -0.637. The number of anilines is 1. The van der Waals surface area contributed by atoms with E-state index in [1.54, 1.807) is 30.3 Å². The lowest BCUT2D eigenvalue weighted by Gasteiger charge is -2.23. The number of ether oxygens (including phenoxy) is 2. The average molecular weight is 471 g/mol. The quantitative estimate of drug-likeness (QED) is 0.259. The largest absolute Gasteiger partial charge is 0.507 e. The standard InChI is InChI=1S/C26H18N2O5S/c1-14-6-8-15(9-7-14)23(29)21-22(16-10-11-18-19(12-16)33-13-32-18)28(25(31)24(21)30)26-27-17-4-2-3-5-20(17)34-26/h2-12,22,29H,13H2,1H3/t22-/m0/s1. The van der Waals surface area contributed by atoms with Crippen LogP contribution in [0.4, 0.5) is 5.13 Å². The van der Waals surface area contributed by atoms with Crippen LogP contribution in [-0.2, 0) is 9.59 Å². The van der Waals surface area contributed by atoms with Crippen LogP contribution in [0.5, 0.6) is 11.5 Å². The molecule has 1 N–H and O–H groups in total. The van der Waals surface area contributed by atoms with Crippen LogP contribution in [0.2, 0.25) is 0 Å². The van der Waals surface area contributed by atoms with Gasteiger partial charge in [-0.1, -0.05) is 59.4 Å². The second-order valence-electron chi connectivity index (χ2n) is 8.11. The third-order valence-corrected chi connectivity index (χ3v) is 7.01. The van der Waals surface area contributed by atoms with E-state index in [1.165, 1.54) is 16.2 Å². The number of carbonyl (C=O) groups is 2. The number of thiazole rings is 1. The number of Topliss-reactive ketones (excluding diaryl/α,β-unsaturated/α-hetero) is 1. The monoisotopic (exact) mass is 470 g/mol. The number of aliphatic hydroxyl groups is 1. The zero-order valence-electron chi connectivity index (χ0n) is 18.0. The first-order valence-electron chi connectivity index (χ1n) is 10.6. The summed E-state index contributed by atoms with van der Waals surface area (Å²) in [6.07, 6.45) is 0. The number of fused-ring (bicyclic) bond motifs is 2. The normalized spacial score (nSPS) is 18.7. The predicted molar refractivity (Wildman–Crippen MR) is 128 cm³/mol. The van der Waals surface area contributed by atoms with Crippen molar-refractivity contribution in [3.8, 4) is 11.5 Å². The Hall–Kier alpha value is -4.17. The predicted octanol–water partition coefficient (Wildman–Crippen LogP) is 4.96. The van der Waals surface area contributed by atoms with Gasteiger partial charge in [0.05, 0.1) is 21.8 Å². The molecule has 0 bridgehead atoms. The summed E-state index contributed by atoms with van der Waals surface area (Å²) in [4.78, 5) is 32.6. The summed E-state index contributed by atoms with van der Waals surface area (Å²) < 4.78 is 11.8. The van der Waals surface area contributed by atoms with E-state index >= 15 is 0 Å². The zero-order valence-corrected chi connectivity index (χ0v) is 18.8. The van der Waals surface area contributed by atoms with Crippen molar-refractivity contribution in [2.45, 2.75) is 13.0 Å². The maximum Gasteiger partial charge on any atom is 0.301 e. The van der Waals surface area contributed by atoms with Gasteiger partial charge in [0.15, 0.2) is 16.6 Å². The van der Waals surface area contributed by atoms with Crippen LogP contribution in [0.3, 0.4) is 0 Å². The lowest BCUT2D eigenvalue weighted by atomic mass is 9.95. The van der Waals surface area contributed by atoms with Gasteiger partial charge in [0.2, 0.25) is 6.79 Å². The van der Waals surface area contributed by atoms with Crippen LogP contribution < -0.4 is 14.4 Å². The van der Waals surface area contributed by atoms with E-state index in [0.29, 0.717) is 27.8 Å². The molecule has 6 rings (SSSR count). The van der Waals surface area contributed by atoms with Crippen molar-refractivity contribution in [2.75, 3.05) is 11.7 Å². The van der Waals surface area contributed by atoms with Gasteiger partial charge < -0.3 is 14.6 Å². The van der Waals surface area contributed by atoms with Crippen LogP contribution in [0, 0.1) is 6.92 Å². The van der Waals surface area contributed by atoms with E-state index < -0.39 is 17.7 Å². The molecule has 168 valence electrons. The van der Waals surface area contributed by atoms with E-state index in [0.717, 1.165) is 15.8 Å². The van der Waals surface area contributed by atoms with E-state index in [-0.39, 0.29) is 18.1 Å². The third kappa shape index (κ3) is 3.14. The van der Waals surface area contributed by atoms with Crippen molar-refractivity contribution in [3.63, 3.8) is 0 Å². The summed E-state index contributed by atoms with van der Waals surface area (Å²) in [5, 5.41) is 11.6. The van der Waals surface area contributed by atoms with Gasteiger partial charge in [-0.2, -0.15) is 0 Å². The number of benzene rings is 3. The highest BCUT2D eigenvalue weighted by atomic mass is 32.1. The molecule has 0 saturated carbocycles. The van der Waals surface area contributed by atoms with Crippen molar-refractivity contribution >= 4 is 44.1 Å². The molecule has 0 unspecified atom stereocenters. The van der Waals surface area contributed by atoms with Gasteiger partial charge in [-0.15, -0.1) is 0 Å². The number of aliphatic hydroxyl groups excluding tert-OH is 1. The van der Waals surface area contributed by atoms with Gasteiger partial charge in [0.1, 0.15) is 5.76 Å². The van der Waals surface area contributed by atoms with Crippen molar-refractivity contribution in [1.29, 1.82) is 0 Å². The minimum absolute atomic E-state index is 0.00646. The number of carbonyl (C=O) groups excluding carboxylic acids is 2. The van der Waals surface area contributed by atoms with Crippen molar-refractivity contribution in [3.05, 3.63) is 89.0 Å². The first-order valence-corrected chi connectivity index (χ1v) is 11.5. The van der Waals surface area contributed by atoms with Crippen LogP contribution in [0.15, 0.2) is 72.3 Å². The van der Waals surface area contributed by atoms with Crippen LogP contribution in [0.25, 0.3) is 16.0 Å². The van der Waals surface area contributed by atoms with Crippen molar-refractivity contribution < 1.29 is 24.2 Å². The lowest BCUT2D eigenvalue weighted by molar-refractivity contribution is -0.132.